The van der Waals surface area contributed by atoms with Crippen LogP contribution in [0, 0.1) is 5.92 Å². The van der Waals surface area contributed by atoms with E-state index >= 15 is 0 Å². The van der Waals surface area contributed by atoms with E-state index in [0.717, 1.165) is 11.8 Å². The number of rotatable bonds is 4. The summed E-state index contributed by atoms with van der Waals surface area (Å²) in [6.45, 7) is 2.59. The van der Waals surface area contributed by atoms with Crippen molar-refractivity contribution in [1.29, 1.82) is 0 Å². The van der Waals surface area contributed by atoms with Gasteiger partial charge in [-0.1, -0.05) is 11.8 Å². The van der Waals surface area contributed by atoms with Gasteiger partial charge in [-0.05, 0) is 25.1 Å². The van der Waals surface area contributed by atoms with E-state index in [4.69, 9.17) is 21.7 Å². The number of morpholine rings is 1. The standard InChI is InChI=1S/C13H19NO5S2/c1-17-11(15)8-21-13(20)19-10-6-9(7-10)12(16)14-2-4-18-5-3-14/h9-10H,2-8H2,1H3. The molecular formula is C13H19NO5S2. The largest absolute Gasteiger partial charge is 0.475 e. The highest BCUT2D eigenvalue weighted by atomic mass is 32.2. The van der Waals surface area contributed by atoms with E-state index in [2.05, 4.69) is 4.74 Å². The van der Waals surface area contributed by atoms with Crippen LogP contribution in [0.15, 0.2) is 0 Å². The maximum absolute atomic E-state index is 12.2. The number of methoxy groups -OCH3 is 1. The van der Waals surface area contributed by atoms with Crippen LogP contribution < -0.4 is 0 Å². The van der Waals surface area contributed by atoms with Crippen molar-refractivity contribution in [2.75, 3.05) is 39.2 Å². The summed E-state index contributed by atoms with van der Waals surface area (Å²) in [6, 6.07) is 0. The zero-order valence-corrected chi connectivity index (χ0v) is 13.5. The summed E-state index contributed by atoms with van der Waals surface area (Å²) in [5.41, 5.74) is 0. The molecule has 8 heteroatoms. The first-order valence-electron chi connectivity index (χ1n) is 6.87. The van der Waals surface area contributed by atoms with Crippen LogP contribution in [-0.2, 0) is 23.8 Å². The molecule has 0 N–H and O–H groups in total. The molecule has 21 heavy (non-hydrogen) atoms. The number of thiocarbonyl (C=S) groups is 1. The predicted molar refractivity (Wildman–Crippen MR) is 82.1 cm³/mol. The minimum absolute atomic E-state index is 0.0161. The van der Waals surface area contributed by atoms with Gasteiger partial charge in [0.25, 0.3) is 0 Å². The molecule has 0 bridgehead atoms. The van der Waals surface area contributed by atoms with Crippen molar-refractivity contribution < 1.29 is 23.8 Å². The van der Waals surface area contributed by atoms with Gasteiger partial charge in [0.15, 0.2) is 0 Å². The number of carbonyl (C=O) groups is 2. The number of esters is 1. The Labute approximate surface area is 133 Å². The Morgan fingerprint density at radius 2 is 2.00 bits per heavy atom. The van der Waals surface area contributed by atoms with Gasteiger partial charge in [0.2, 0.25) is 10.3 Å². The van der Waals surface area contributed by atoms with Gasteiger partial charge in [0.1, 0.15) is 6.10 Å². The number of hydrogen-bond donors (Lipinski definition) is 0. The van der Waals surface area contributed by atoms with E-state index < -0.39 is 0 Å². The van der Waals surface area contributed by atoms with Gasteiger partial charge in [-0.2, -0.15) is 0 Å². The monoisotopic (exact) mass is 333 g/mol. The van der Waals surface area contributed by atoms with Crippen LogP contribution in [0.5, 0.6) is 0 Å². The number of thioether (sulfide) groups is 1. The van der Waals surface area contributed by atoms with E-state index in [1.807, 2.05) is 4.90 Å². The molecule has 1 amide bonds. The van der Waals surface area contributed by atoms with Crippen molar-refractivity contribution in [1.82, 2.24) is 4.90 Å². The number of ether oxygens (including phenoxy) is 3. The summed E-state index contributed by atoms with van der Waals surface area (Å²) in [5.74, 6) is 0.0331. The molecule has 118 valence electrons. The lowest BCUT2D eigenvalue weighted by molar-refractivity contribution is -0.145. The Morgan fingerprint density at radius 3 is 2.62 bits per heavy atom. The summed E-state index contributed by atoms with van der Waals surface area (Å²) in [7, 11) is 1.33. The first-order valence-corrected chi connectivity index (χ1v) is 8.26. The molecule has 2 aliphatic rings. The van der Waals surface area contributed by atoms with Crippen LogP contribution in [-0.4, -0.2) is 66.4 Å². The molecule has 0 radical (unpaired) electrons. The number of amides is 1. The molecule has 2 rings (SSSR count). The average molecular weight is 333 g/mol. The molecule has 1 aliphatic carbocycles. The van der Waals surface area contributed by atoms with E-state index in [9.17, 15) is 9.59 Å². The molecule has 0 aromatic heterocycles. The van der Waals surface area contributed by atoms with Gasteiger partial charge >= 0.3 is 5.97 Å². The van der Waals surface area contributed by atoms with Gasteiger partial charge in [0.05, 0.1) is 26.1 Å². The lowest BCUT2D eigenvalue weighted by atomic mass is 9.81. The number of carbonyl (C=O) groups excluding carboxylic acids is 2. The van der Waals surface area contributed by atoms with Gasteiger partial charge in [-0.3, -0.25) is 9.59 Å². The zero-order chi connectivity index (χ0) is 15.2. The summed E-state index contributed by atoms with van der Waals surface area (Å²) in [5, 5.41) is 0. The second-order valence-corrected chi connectivity index (χ2v) is 6.54. The Balaban J connectivity index is 1.63. The number of hydrogen-bond acceptors (Lipinski definition) is 7. The Morgan fingerprint density at radius 1 is 1.33 bits per heavy atom. The van der Waals surface area contributed by atoms with Crippen LogP contribution >= 0.6 is 24.0 Å². The van der Waals surface area contributed by atoms with Crippen molar-refractivity contribution in [3.63, 3.8) is 0 Å². The second-order valence-electron chi connectivity index (χ2n) is 4.96. The maximum Gasteiger partial charge on any atom is 0.316 e. The predicted octanol–water partition coefficient (Wildman–Crippen LogP) is 0.831. The molecule has 2 fully saturated rings. The molecule has 0 atom stereocenters. The van der Waals surface area contributed by atoms with Gasteiger partial charge in [-0.25, -0.2) is 0 Å². The molecule has 0 spiro atoms. The third-order valence-electron chi connectivity index (χ3n) is 3.57. The third kappa shape index (κ3) is 4.82. The fraction of sp³-hybridized carbons (Fsp3) is 0.769. The summed E-state index contributed by atoms with van der Waals surface area (Å²) in [6.07, 6.45) is 1.36. The minimum Gasteiger partial charge on any atom is -0.475 e. The lowest BCUT2D eigenvalue weighted by Gasteiger charge is -2.38. The SMILES string of the molecule is COC(=O)CSC(=S)OC1CC(C(=O)N2CCOCC2)C1. The van der Waals surface area contributed by atoms with Gasteiger partial charge in [0, 0.05) is 19.0 Å². The highest BCUT2D eigenvalue weighted by Gasteiger charge is 2.39. The summed E-state index contributed by atoms with van der Waals surface area (Å²) < 4.78 is 15.6. The first kappa shape index (κ1) is 16.5. The van der Waals surface area contributed by atoms with Crippen LogP contribution in [0.1, 0.15) is 12.8 Å². The molecule has 0 aromatic rings. The van der Waals surface area contributed by atoms with Crippen molar-refractivity contribution in [2.24, 2.45) is 5.92 Å². The van der Waals surface area contributed by atoms with Crippen molar-refractivity contribution >= 4 is 40.2 Å². The fourth-order valence-electron chi connectivity index (χ4n) is 2.25. The van der Waals surface area contributed by atoms with E-state index in [-0.39, 0.29) is 29.7 Å². The third-order valence-corrected chi connectivity index (χ3v) is 4.73. The lowest BCUT2D eigenvalue weighted by Crippen LogP contribution is -2.48. The molecule has 1 saturated carbocycles. The molecule has 1 aliphatic heterocycles. The van der Waals surface area contributed by atoms with Crippen molar-refractivity contribution in [2.45, 2.75) is 18.9 Å². The smallest absolute Gasteiger partial charge is 0.316 e. The topological polar surface area (TPSA) is 65.1 Å². The molecule has 0 unspecified atom stereocenters. The number of nitrogens with zero attached hydrogens (tertiary/aromatic N) is 1. The molecule has 0 aromatic carbocycles. The normalized spacial score (nSPS) is 24.9. The van der Waals surface area contributed by atoms with Crippen molar-refractivity contribution in [3.8, 4) is 0 Å². The van der Waals surface area contributed by atoms with E-state index in [1.54, 1.807) is 0 Å². The van der Waals surface area contributed by atoms with Gasteiger partial charge in [-0.15, -0.1) is 0 Å². The Bertz CT molecular complexity index is 405. The molecule has 1 heterocycles. The Kier molecular flexibility index (Phi) is 6.25. The molecular weight excluding hydrogens is 314 g/mol. The highest BCUT2D eigenvalue weighted by Crippen LogP contribution is 2.33. The Hall–Kier alpha value is -0.860. The van der Waals surface area contributed by atoms with Crippen LogP contribution in [0.25, 0.3) is 0 Å². The van der Waals surface area contributed by atoms with Crippen LogP contribution in [0.3, 0.4) is 0 Å². The minimum atomic E-state index is -0.333. The van der Waals surface area contributed by atoms with Crippen molar-refractivity contribution in [3.05, 3.63) is 0 Å². The van der Waals surface area contributed by atoms with Crippen LogP contribution in [0.2, 0.25) is 0 Å². The van der Waals surface area contributed by atoms with Gasteiger partial charge < -0.3 is 19.1 Å². The average Bonchev–Trinajstić information content (AvgIpc) is 2.48. The first-order chi connectivity index (χ1) is 10.1. The maximum atomic E-state index is 12.2. The zero-order valence-electron chi connectivity index (χ0n) is 11.9. The molecule has 1 saturated heterocycles. The fourth-order valence-corrected chi connectivity index (χ4v) is 3.12. The highest BCUT2D eigenvalue weighted by molar-refractivity contribution is 8.23. The van der Waals surface area contributed by atoms with Crippen LogP contribution in [0.4, 0.5) is 0 Å². The summed E-state index contributed by atoms with van der Waals surface area (Å²) in [4.78, 5) is 25.0. The molecule has 6 nitrogen and oxygen atoms in total. The van der Waals surface area contributed by atoms with E-state index in [1.165, 1.54) is 7.11 Å². The van der Waals surface area contributed by atoms with E-state index in [0.29, 0.717) is 43.5 Å². The second kappa shape index (κ2) is 7.95. The quantitative estimate of drug-likeness (QED) is 0.558. The summed E-state index contributed by atoms with van der Waals surface area (Å²) >= 11 is 6.19.